The Kier molecular flexibility index (Phi) is 11.4. The quantitative estimate of drug-likeness (QED) is 0.148. The molecule has 2 saturated carbocycles. The van der Waals surface area contributed by atoms with Crippen LogP contribution in [0.4, 0.5) is 18.9 Å². The maximum Gasteiger partial charge on any atom is 0.418 e. The Morgan fingerprint density at radius 1 is 0.870 bits per heavy atom. The van der Waals surface area contributed by atoms with Crippen LogP contribution in [0.25, 0.3) is 0 Å². The largest absolute Gasteiger partial charge is 0.490 e. The number of anilines is 1. The summed E-state index contributed by atoms with van der Waals surface area (Å²) in [7, 11) is 3.78. The van der Waals surface area contributed by atoms with Crippen LogP contribution in [-0.2, 0) is 35.3 Å². The molecule has 0 unspecified atom stereocenters. The molecule has 54 heavy (non-hydrogen) atoms. The Labute approximate surface area is 317 Å². The number of halogens is 3. The second kappa shape index (κ2) is 16.2. The first-order valence-electron chi connectivity index (χ1n) is 19.3. The molecule has 0 spiro atoms. The minimum atomic E-state index is -4.69. The number of fused-ring (bicyclic) bond motifs is 5. The number of amides is 1. The monoisotopic (exact) mass is 740 g/mol. The van der Waals surface area contributed by atoms with Gasteiger partial charge in [-0.05, 0) is 124 Å². The van der Waals surface area contributed by atoms with E-state index in [1.807, 2.05) is 73.6 Å². The summed E-state index contributed by atoms with van der Waals surface area (Å²) < 4.78 is 63.4. The number of hydrogen-bond acceptors (Lipinski definition) is 5. The van der Waals surface area contributed by atoms with Gasteiger partial charge >= 0.3 is 6.18 Å². The number of hydrogen-bond donors (Lipinski definition) is 1. The molecule has 7 rings (SSSR count). The summed E-state index contributed by atoms with van der Waals surface area (Å²) in [5.74, 6) is 1.17. The van der Waals surface area contributed by atoms with E-state index in [1.165, 1.54) is 17.2 Å². The van der Waals surface area contributed by atoms with Gasteiger partial charge in [0, 0.05) is 17.8 Å². The molecule has 0 saturated heterocycles. The molecule has 3 aliphatic carbocycles. The minimum Gasteiger partial charge on any atom is -0.490 e. The molecule has 1 amide bonds. The van der Waals surface area contributed by atoms with Crippen molar-refractivity contribution >= 4 is 11.6 Å². The number of benzene rings is 4. The zero-order chi connectivity index (χ0) is 37.9. The standard InChI is InChI=1S/C45H51F3N2O4/c1-44-27-40(54-34-18-22-39(38(26-34)45(46,47)48)49-42(51)15-10-24-50(2)3)43-35-20-17-33(52-28-30-11-6-4-7-12-30)25-32(35)16-19-36(43)37(44)21-23-41(44)53-29-31-13-8-5-9-14-31/h4-9,11-14,17-18,20,22,25-26,36-37,40-41,43H,10,15-16,19,21,23-24,27-29H2,1-3H3,(H,49,51)/t36-,37-,40-,41-,43+,44-/m0/s1. The van der Waals surface area contributed by atoms with Crippen molar-refractivity contribution in [3.8, 4) is 11.5 Å². The van der Waals surface area contributed by atoms with Gasteiger partial charge in [-0.2, -0.15) is 13.2 Å². The molecule has 0 heterocycles. The highest BCUT2D eigenvalue weighted by molar-refractivity contribution is 5.91. The Balaban J connectivity index is 1.17. The van der Waals surface area contributed by atoms with E-state index in [2.05, 4.69) is 36.5 Å². The number of aryl methyl sites for hydroxylation is 1. The molecule has 0 bridgehead atoms. The Bertz CT molecular complexity index is 1890. The van der Waals surface area contributed by atoms with Gasteiger partial charge in [0.2, 0.25) is 5.91 Å². The van der Waals surface area contributed by atoms with Gasteiger partial charge in [0.05, 0.1) is 24.0 Å². The van der Waals surface area contributed by atoms with Crippen LogP contribution in [0.2, 0.25) is 0 Å². The summed E-state index contributed by atoms with van der Waals surface area (Å²) in [4.78, 5) is 14.6. The third kappa shape index (κ3) is 8.47. The lowest BCUT2D eigenvalue weighted by Gasteiger charge is -2.53. The summed E-state index contributed by atoms with van der Waals surface area (Å²) in [6, 6.07) is 30.5. The molecule has 1 N–H and O–H groups in total. The van der Waals surface area contributed by atoms with Crippen molar-refractivity contribution in [3.63, 3.8) is 0 Å². The highest BCUT2D eigenvalue weighted by Gasteiger charge is 2.59. The summed E-state index contributed by atoms with van der Waals surface area (Å²) in [6.07, 6.45) is 0.0767. The number of nitrogens with one attached hydrogen (secondary N) is 1. The Hall–Kier alpha value is -4.34. The van der Waals surface area contributed by atoms with Crippen LogP contribution in [0, 0.1) is 17.3 Å². The molecule has 4 aromatic carbocycles. The molecule has 6 atom stereocenters. The van der Waals surface area contributed by atoms with E-state index in [1.54, 1.807) is 6.07 Å². The number of nitrogens with zero attached hydrogens (tertiary/aromatic N) is 1. The van der Waals surface area contributed by atoms with Gasteiger partial charge in [-0.25, -0.2) is 0 Å². The lowest BCUT2D eigenvalue weighted by atomic mass is 9.54. The van der Waals surface area contributed by atoms with Crippen LogP contribution >= 0.6 is 0 Å². The average Bonchev–Trinajstić information content (AvgIpc) is 3.49. The number of rotatable bonds is 13. The molecule has 0 radical (unpaired) electrons. The van der Waals surface area contributed by atoms with E-state index in [9.17, 15) is 18.0 Å². The fourth-order valence-electron chi connectivity index (χ4n) is 9.43. The lowest BCUT2D eigenvalue weighted by molar-refractivity contribution is -0.137. The first kappa shape index (κ1) is 38.0. The van der Waals surface area contributed by atoms with Crippen LogP contribution < -0.4 is 14.8 Å². The first-order chi connectivity index (χ1) is 26.0. The summed E-state index contributed by atoms with van der Waals surface area (Å²) in [5, 5.41) is 2.51. The van der Waals surface area contributed by atoms with Gasteiger partial charge < -0.3 is 24.4 Å². The number of alkyl halides is 3. The Morgan fingerprint density at radius 3 is 2.28 bits per heavy atom. The summed E-state index contributed by atoms with van der Waals surface area (Å²) >= 11 is 0. The van der Waals surface area contributed by atoms with Crippen molar-refractivity contribution in [3.05, 3.63) is 125 Å². The van der Waals surface area contributed by atoms with E-state index in [4.69, 9.17) is 14.2 Å². The maximum absolute atomic E-state index is 14.6. The molecular formula is C45H51F3N2O4. The van der Waals surface area contributed by atoms with Gasteiger partial charge in [-0.1, -0.05) is 73.7 Å². The van der Waals surface area contributed by atoms with Crippen LogP contribution in [0.5, 0.6) is 11.5 Å². The predicted molar refractivity (Wildman–Crippen MR) is 205 cm³/mol. The van der Waals surface area contributed by atoms with E-state index in [0.717, 1.165) is 48.6 Å². The van der Waals surface area contributed by atoms with E-state index >= 15 is 0 Å². The number of carbonyl (C=O) groups is 1. The smallest absolute Gasteiger partial charge is 0.418 e. The fraction of sp³-hybridized carbons (Fsp3) is 0.444. The number of carbonyl (C=O) groups excluding carboxylic acids is 1. The van der Waals surface area contributed by atoms with Crippen LogP contribution in [0.1, 0.15) is 79.2 Å². The summed E-state index contributed by atoms with van der Waals surface area (Å²) in [5.41, 5.74) is 3.22. The van der Waals surface area contributed by atoms with Gasteiger partial charge in [0.15, 0.2) is 0 Å². The first-order valence-corrected chi connectivity index (χ1v) is 19.3. The maximum atomic E-state index is 14.6. The summed E-state index contributed by atoms with van der Waals surface area (Å²) in [6.45, 7) is 3.95. The van der Waals surface area contributed by atoms with Crippen LogP contribution in [0.15, 0.2) is 97.1 Å². The highest BCUT2D eigenvalue weighted by atomic mass is 19.4. The zero-order valence-corrected chi connectivity index (χ0v) is 31.4. The van der Waals surface area contributed by atoms with Crippen molar-refractivity contribution in [2.75, 3.05) is 26.0 Å². The second-order valence-corrected chi connectivity index (χ2v) is 15.9. The molecule has 4 aromatic rings. The highest BCUT2D eigenvalue weighted by Crippen LogP contribution is 2.62. The van der Waals surface area contributed by atoms with Crippen molar-refractivity contribution in [2.45, 2.75) is 89.4 Å². The normalized spacial score (nSPS) is 24.7. The van der Waals surface area contributed by atoms with E-state index in [0.29, 0.717) is 38.5 Å². The van der Waals surface area contributed by atoms with E-state index in [-0.39, 0.29) is 47.3 Å². The van der Waals surface area contributed by atoms with Crippen molar-refractivity contribution in [1.29, 1.82) is 0 Å². The predicted octanol–water partition coefficient (Wildman–Crippen LogP) is 10.1. The topological polar surface area (TPSA) is 60.0 Å². The molecule has 0 aromatic heterocycles. The molecular weight excluding hydrogens is 689 g/mol. The van der Waals surface area contributed by atoms with E-state index < -0.39 is 17.6 Å². The van der Waals surface area contributed by atoms with Gasteiger partial charge in [0.1, 0.15) is 24.2 Å². The van der Waals surface area contributed by atoms with Gasteiger partial charge in [0.25, 0.3) is 0 Å². The molecule has 0 aliphatic heterocycles. The number of ether oxygens (including phenoxy) is 3. The zero-order valence-electron chi connectivity index (χ0n) is 31.4. The van der Waals surface area contributed by atoms with Gasteiger partial charge in [-0.3, -0.25) is 4.79 Å². The molecule has 3 aliphatic rings. The second-order valence-electron chi connectivity index (χ2n) is 15.9. The van der Waals surface area contributed by atoms with Crippen molar-refractivity contribution in [1.82, 2.24) is 4.90 Å². The Morgan fingerprint density at radius 2 is 1.57 bits per heavy atom. The van der Waals surface area contributed by atoms with Gasteiger partial charge in [-0.15, -0.1) is 0 Å². The van der Waals surface area contributed by atoms with Crippen LogP contribution in [-0.4, -0.2) is 43.7 Å². The average molecular weight is 741 g/mol. The molecule has 6 nitrogen and oxygen atoms in total. The SMILES string of the molecule is CN(C)CCCC(=O)Nc1ccc(O[C@H]2C[C@]3(C)[C@@H](OCc4ccccc4)CC[C@H]3[C@@H]3CCc4cc(OCc5ccccc5)ccc4[C@H]32)cc1C(F)(F)F. The minimum absolute atomic E-state index is 0.000681. The molecule has 9 heteroatoms. The fourth-order valence-corrected chi connectivity index (χ4v) is 9.43. The third-order valence-corrected chi connectivity index (χ3v) is 12.0. The molecule has 2 fully saturated rings. The lowest BCUT2D eigenvalue weighted by Crippen LogP contribution is -2.52. The third-order valence-electron chi connectivity index (χ3n) is 12.0. The van der Waals surface area contributed by atoms with Crippen molar-refractivity contribution < 1.29 is 32.2 Å². The van der Waals surface area contributed by atoms with Crippen molar-refractivity contribution in [2.24, 2.45) is 17.3 Å². The molecule has 286 valence electrons. The van der Waals surface area contributed by atoms with Crippen LogP contribution in [0.3, 0.4) is 0 Å².